The number of ether oxygens (including phenoxy) is 2. The lowest BCUT2D eigenvalue weighted by molar-refractivity contribution is -0.137. The Balaban J connectivity index is 0.000000433. The van der Waals surface area contributed by atoms with E-state index in [0.29, 0.717) is 6.07 Å². The molecule has 0 atom stereocenters. The number of para-hydroxylation sites is 1. The summed E-state index contributed by atoms with van der Waals surface area (Å²) in [6.45, 7) is 0. The van der Waals surface area contributed by atoms with Gasteiger partial charge in [0.1, 0.15) is 12.0 Å². The summed E-state index contributed by atoms with van der Waals surface area (Å²) in [6.07, 6.45) is 1.36. The van der Waals surface area contributed by atoms with Crippen LogP contribution < -0.4 is 20.1 Å². The van der Waals surface area contributed by atoms with Crippen molar-refractivity contribution < 1.29 is 36.6 Å². The maximum absolute atomic E-state index is 13.5. The van der Waals surface area contributed by atoms with Crippen LogP contribution in [-0.2, 0) is 11.0 Å². The van der Waals surface area contributed by atoms with E-state index in [0.717, 1.165) is 30.2 Å². The van der Waals surface area contributed by atoms with Gasteiger partial charge in [-0.05, 0) is 42.6 Å². The molecule has 0 saturated carbocycles. The van der Waals surface area contributed by atoms with Gasteiger partial charge in [0.25, 0.3) is 0 Å². The fourth-order valence-electron chi connectivity index (χ4n) is 2.26. The zero-order chi connectivity index (χ0) is 24.1. The average molecular weight is 454 g/mol. The van der Waals surface area contributed by atoms with Gasteiger partial charge in [-0.2, -0.15) is 13.2 Å². The van der Waals surface area contributed by atoms with Crippen LogP contribution in [0, 0.1) is 5.82 Å². The summed E-state index contributed by atoms with van der Waals surface area (Å²) in [6, 6.07) is 6.28. The zero-order valence-electron chi connectivity index (χ0n) is 17.5. The number of hydrogen-bond donors (Lipinski definition) is 2. The highest BCUT2D eigenvalue weighted by Gasteiger charge is 2.31. The molecule has 6 nitrogen and oxygen atoms in total. The maximum atomic E-state index is 13.5. The third kappa shape index (κ3) is 7.78. The van der Waals surface area contributed by atoms with Gasteiger partial charge in [-0.15, -0.1) is 0 Å². The largest absolute Gasteiger partial charge is 0.490 e. The summed E-state index contributed by atoms with van der Waals surface area (Å²) in [5.41, 5.74) is -0.501. The first-order chi connectivity index (χ1) is 15.2. The Labute approximate surface area is 182 Å². The van der Waals surface area contributed by atoms with Crippen molar-refractivity contribution in [3.63, 3.8) is 0 Å². The maximum Gasteiger partial charge on any atom is 0.416 e. The zero-order valence-corrected chi connectivity index (χ0v) is 17.5. The second-order valence-electron chi connectivity index (χ2n) is 5.87. The third-order valence-electron chi connectivity index (χ3n) is 3.78. The van der Waals surface area contributed by atoms with E-state index in [4.69, 9.17) is 9.47 Å². The van der Waals surface area contributed by atoms with E-state index in [1.165, 1.54) is 25.3 Å². The molecule has 0 heterocycles. The minimum Gasteiger partial charge on any atom is -0.490 e. The van der Waals surface area contributed by atoms with Crippen molar-refractivity contribution in [3.05, 3.63) is 77.4 Å². The molecule has 0 fully saturated rings. The molecule has 0 aromatic heterocycles. The van der Waals surface area contributed by atoms with Crippen LogP contribution in [0.1, 0.15) is 15.9 Å². The summed E-state index contributed by atoms with van der Waals surface area (Å²) < 4.78 is 61.5. The van der Waals surface area contributed by atoms with Crippen LogP contribution >= 0.6 is 0 Å². The Kier molecular flexibility index (Phi) is 10.5. The van der Waals surface area contributed by atoms with E-state index in [9.17, 15) is 27.2 Å². The van der Waals surface area contributed by atoms with Crippen LogP contribution in [0.2, 0.25) is 0 Å². The van der Waals surface area contributed by atoms with Gasteiger partial charge < -0.3 is 20.1 Å². The summed E-state index contributed by atoms with van der Waals surface area (Å²) >= 11 is 0. The first-order valence-corrected chi connectivity index (χ1v) is 9.05. The Bertz CT molecular complexity index is 973. The summed E-state index contributed by atoms with van der Waals surface area (Å²) in [5.74, 6) is -1.09. The smallest absolute Gasteiger partial charge is 0.416 e. The van der Waals surface area contributed by atoms with Crippen LogP contribution in [0.5, 0.6) is 17.2 Å². The van der Waals surface area contributed by atoms with Gasteiger partial charge in [0.05, 0.1) is 18.2 Å². The first-order valence-electron chi connectivity index (χ1n) is 9.05. The molecule has 0 amide bonds. The highest BCUT2D eigenvalue weighted by molar-refractivity contribution is 5.80. The van der Waals surface area contributed by atoms with Gasteiger partial charge in [0, 0.05) is 25.9 Å². The SMILES string of the molecule is CN/C=C\C(=C/C=O)NC.COc1c(F)cccc1Oc1ccc(C(F)(F)F)cc1C=O. The number of carbonyl (C=O) groups excluding carboxylic acids is 2. The monoisotopic (exact) mass is 454 g/mol. The highest BCUT2D eigenvalue weighted by atomic mass is 19.4. The molecule has 0 bridgehead atoms. The highest BCUT2D eigenvalue weighted by Crippen LogP contribution is 2.37. The molecule has 0 radical (unpaired) electrons. The van der Waals surface area contributed by atoms with Crippen molar-refractivity contribution in [2.75, 3.05) is 21.2 Å². The fraction of sp³-hybridized carbons (Fsp3) is 0.182. The molecule has 0 aliphatic carbocycles. The number of benzene rings is 2. The van der Waals surface area contributed by atoms with E-state index in [1.54, 1.807) is 26.4 Å². The summed E-state index contributed by atoms with van der Waals surface area (Å²) in [7, 11) is 4.78. The molecular formula is C22H22F4N2O4. The Morgan fingerprint density at radius 3 is 2.31 bits per heavy atom. The van der Waals surface area contributed by atoms with Gasteiger partial charge in [0.2, 0.25) is 0 Å². The third-order valence-corrected chi connectivity index (χ3v) is 3.78. The molecule has 2 aromatic rings. The van der Waals surface area contributed by atoms with Crippen molar-refractivity contribution >= 4 is 12.6 Å². The molecule has 0 aliphatic heterocycles. The normalized spacial score (nSPS) is 11.3. The second-order valence-corrected chi connectivity index (χ2v) is 5.87. The van der Waals surface area contributed by atoms with Crippen molar-refractivity contribution in [2.45, 2.75) is 6.18 Å². The molecule has 2 N–H and O–H groups in total. The van der Waals surface area contributed by atoms with Crippen LogP contribution in [0.3, 0.4) is 0 Å². The van der Waals surface area contributed by atoms with Gasteiger partial charge in [-0.1, -0.05) is 6.07 Å². The van der Waals surface area contributed by atoms with Gasteiger partial charge in [0.15, 0.2) is 23.6 Å². The van der Waals surface area contributed by atoms with Crippen molar-refractivity contribution in [1.29, 1.82) is 0 Å². The number of rotatable bonds is 8. The average Bonchev–Trinajstić information content (AvgIpc) is 2.76. The number of aldehydes is 2. The molecule has 0 unspecified atom stereocenters. The molecule has 32 heavy (non-hydrogen) atoms. The van der Waals surface area contributed by atoms with Crippen LogP contribution in [0.15, 0.2) is 60.4 Å². The summed E-state index contributed by atoms with van der Waals surface area (Å²) in [5, 5.41) is 5.65. The minimum atomic E-state index is -4.58. The first kappa shape index (κ1) is 26.2. The van der Waals surface area contributed by atoms with E-state index in [1.807, 2.05) is 0 Å². The number of halogens is 4. The fourth-order valence-corrected chi connectivity index (χ4v) is 2.26. The Morgan fingerprint density at radius 2 is 1.78 bits per heavy atom. The van der Waals surface area contributed by atoms with E-state index in [2.05, 4.69) is 10.6 Å². The topological polar surface area (TPSA) is 76.7 Å². The van der Waals surface area contributed by atoms with Gasteiger partial charge in [-0.3, -0.25) is 9.59 Å². The number of methoxy groups -OCH3 is 1. The van der Waals surface area contributed by atoms with Gasteiger partial charge >= 0.3 is 6.18 Å². The predicted molar refractivity (Wildman–Crippen MR) is 111 cm³/mol. The van der Waals surface area contributed by atoms with Crippen LogP contribution in [-0.4, -0.2) is 33.8 Å². The standard InChI is InChI=1S/C15H10F4O3.C7H12N2O/c1-21-14-11(16)3-2-4-13(14)22-12-6-5-10(15(17,18)19)7-9(12)8-20;1-8-5-3-7(9-2)4-6-10/h2-8H,1H3;3-6,8-9H,1-2H3/b;5-3-,7-4+. The van der Waals surface area contributed by atoms with E-state index < -0.39 is 17.6 Å². The molecular weight excluding hydrogens is 432 g/mol. The predicted octanol–water partition coefficient (Wildman–Crippen LogP) is 4.48. The quantitative estimate of drug-likeness (QED) is 0.265. The van der Waals surface area contributed by atoms with Crippen molar-refractivity contribution in [2.24, 2.45) is 0 Å². The van der Waals surface area contributed by atoms with E-state index in [-0.39, 0.29) is 29.1 Å². The molecule has 172 valence electrons. The minimum absolute atomic E-state index is 0.0506. The lowest BCUT2D eigenvalue weighted by Gasteiger charge is -2.13. The molecule has 0 aliphatic rings. The molecule has 2 aromatic carbocycles. The number of likely N-dealkylation sites (N-methyl/N-ethyl adjacent to an activating group) is 1. The molecule has 10 heteroatoms. The number of alkyl halides is 3. The molecule has 0 spiro atoms. The summed E-state index contributed by atoms with van der Waals surface area (Å²) in [4.78, 5) is 20.9. The van der Waals surface area contributed by atoms with Crippen molar-refractivity contribution in [1.82, 2.24) is 10.6 Å². The molecule has 0 saturated heterocycles. The molecule has 2 rings (SSSR count). The number of nitrogens with one attached hydrogen (secondary N) is 2. The lowest BCUT2D eigenvalue weighted by Crippen LogP contribution is -2.06. The van der Waals surface area contributed by atoms with E-state index >= 15 is 0 Å². The van der Waals surface area contributed by atoms with Crippen LogP contribution in [0.4, 0.5) is 17.6 Å². The second kappa shape index (κ2) is 12.8. The Morgan fingerprint density at radius 1 is 1.06 bits per heavy atom. The number of allylic oxidation sites excluding steroid dienone is 2. The number of carbonyl (C=O) groups is 2. The lowest BCUT2D eigenvalue weighted by atomic mass is 10.1. The van der Waals surface area contributed by atoms with Crippen molar-refractivity contribution in [3.8, 4) is 17.2 Å². The number of hydrogen-bond acceptors (Lipinski definition) is 6. The van der Waals surface area contributed by atoms with Gasteiger partial charge in [-0.25, -0.2) is 4.39 Å². The Hall–Kier alpha value is -3.82. The van der Waals surface area contributed by atoms with Crippen LogP contribution in [0.25, 0.3) is 0 Å².